The zero-order valence-corrected chi connectivity index (χ0v) is 12.0. The van der Waals surface area contributed by atoms with Gasteiger partial charge in [-0.15, -0.1) is 0 Å². The van der Waals surface area contributed by atoms with Gasteiger partial charge in [-0.25, -0.2) is 4.79 Å². The van der Waals surface area contributed by atoms with E-state index in [-0.39, 0.29) is 6.10 Å². The quantitative estimate of drug-likeness (QED) is 0.587. The maximum absolute atomic E-state index is 11.3. The SMILES string of the molecule is C=C(CCC(CC(C)O)Oc1ccccc1)C(=O)OC. The van der Waals surface area contributed by atoms with E-state index in [2.05, 4.69) is 11.3 Å². The molecular formula is C16H22O4. The second kappa shape index (κ2) is 8.38. The van der Waals surface area contributed by atoms with Crippen LogP contribution in [0.3, 0.4) is 0 Å². The van der Waals surface area contributed by atoms with Gasteiger partial charge in [0.2, 0.25) is 0 Å². The monoisotopic (exact) mass is 278 g/mol. The second-order valence-corrected chi connectivity index (χ2v) is 4.77. The first-order valence-electron chi connectivity index (χ1n) is 6.68. The topological polar surface area (TPSA) is 55.8 Å². The molecule has 0 bridgehead atoms. The van der Waals surface area contributed by atoms with Crippen LogP contribution in [-0.2, 0) is 9.53 Å². The summed E-state index contributed by atoms with van der Waals surface area (Å²) in [5.74, 6) is 0.349. The van der Waals surface area contributed by atoms with E-state index >= 15 is 0 Å². The average molecular weight is 278 g/mol. The number of aliphatic hydroxyl groups is 1. The molecule has 1 aromatic carbocycles. The maximum atomic E-state index is 11.3. The summed E-state index contributed by atoms with van der Waals surface area (Å²) in [7, 11) is 1.33. The number of rotatable bonds is 8. The fourth-order valence-electron chi connectivity index (χ4n) is 1.88. The van der Waals surface area contributed by atoms with Gasteiger partial charge in [0.15, 0.2) is 0 Å². The van der Waals surface area contributed by atoms with Crippen LogP contribution in [0.1, 0.15) is 26.2 Å². The van der Waals surface area contributed by atoms with Gasteiger partial charge in [0.05, 0.1) is 13.2 Å². The van der Waals surface area contributed by atoms with Gasteiger partial charge >= 0.3 is 5.97 Å². The van der Waals surface area contributed by atoms with E-state index < -0.39 is 12.1 Å². The predicted octanol–water partition coefficient (Wildman–Crippen LogP) is 2.71. The van der Waals surface area contributed by atoms with Crippen molar-refractivity contribution in [3.63, 3.8) is 0 Å². The van der Waals surface area contributed by atoms with Gasteiger partial charge in [-0.1, -0.05) is 24.8 Å². The molecule has 0 spiro atoms. The zero-order chi connectivity index (χ0) is 15.0. The molecule has 0 aliphatic heterocycles. The van der Waals surface area contributed by atoms with Crippen molar-refractivity contribution in [3.8, 4) is 5.75 Å². The molecule has 0 radical (unpaired) electrons. The van der Waals surface area contributed by atoms with Crippen LogP contribution in [0, 0.1) is 0 Å². The van der Waals surface area contributed by atoms with Crippen molar-refractivity contribution in [1.82, 2.24) is 0 Å². The highest BCUT2D eigenvalue weighted by molar-refractivity contribution is 5.87. The van der Waals surface area contributed by atoms with E-state index in [1.807, 2.05) is 30.3 Å². The summed E-state index contributed by atoms with van der Waals surface area (Å²) in [5.41, 5.74) is 0.416. The Morgan fingerprint density at radius 3 is 2.55 bits per heavy atom. The highest BCUT2D eigenvalue weighted by Crippen LogP contribution is 2.18. The molecule has 2 unspecified atom stereocenters. The lowest BCUT2D eigenvalue weighted by Crippen LogP contribution is -2.22. The summed E-state index contributed by atoms with van der Waals surface area (Å²) in [5, 5.41) is 9.53. The molecule has 1 N–H and O–H groups in total. The van der Waals surface area contributed by atoms with Crippen molar-refractivity contribution < 1.29 is 19.4 Å². The Hall–Kier alpha value is -1.81. The molecule has 0 aliphatic carbocycles. The molecular weight excluding hydrogens is 256 g/mol. The Kier molecular flexibility index (Phi) is 6.81. The third-order valence-corrected chi connectivity index (χ3v) is 2.89. The van der Waals surface area contributed by atoms with Gasteiger partial charge in [-0.05, 0) is 31.9 Å². The minimum Gasteiger partial charge on any atom is -0.490 e. The van der Waals surface area contributed by atoms with Crippen LogP contribution in [-0.4, -0.2) is 30.4 Å². The van der Waals surface area contributed by atoms with Crippen LogP contribution in [0.15, 0.2) is 42.5 Å². The summed E-state index contributed by atoms with van der Waals surface area (Å²) >= 11 is 0. The number of esters is 1. The Balaban J connectivity index is 2.56. The number of para-hydroxylation sites is 1. The lowest BCUT2D eigenvalue weighted by atomic mass is 10.0. The molecule has 0 fully saturated rings. The number of benzene rings is 1. The number of hydrogen-bond acceptors (Lipinski definition) is 4. The minimum absolute atomic E-state index is 0.168. The fourth-order valence-corrected chi connectivity index (χ4v) is 1.88. The van der Waals surface area contributed by atoms with Crippen molar-refractivity contribution in [1.29, 1.82) is 0 Å². The first-order valence-corrected chi connectivity index (χ1v) is 6.68. The third kappa shape index (κ3) is 5.89. The molecule has 1 rings (SSSR count). The van der Waals surface area contributed by atoms with Crippen molar-refractivity contribution in [2.75, 3.05) is 7.11 Å². The van der Waals surface area contributed by atoms with Crippen molar-refractivity contribution in [2.45, 2.75) is 38.4 Å². The summed E-state index contributed by atoms with van der Waals surface area (Å²) in [6.45, 7) is 5.41. The van der Waals surface area contributed by atoms with E-state index in [0.29, 0.717) is 24.8 Å². The van der Waals surface area contributed by atoms with E-state index in [4.69, 9.17) is 4.74 Å². The summed E-state index contributed by atoms with van der Waals surface area (Å²) in [6, 6.07) is 9.42. The van der Waals surface area contributed by atoms with Crippen molar-refractivity contribution in [3.05, 3.63) is 42.5 Å². The van der Waals surface area contributed by atoms with Crippen LogP contribution in [0.4, 0.5) is 0 Å². The molecule has 0 amide bonds. The molecule has 110 valence electrons. The van der Waals surface area contributed by atoms with Gasteiger partial charge in [-0.3, -0.25) is 0 Å². The number of methoxy groups -OCH3 is 1. The Morgan fingerprint density at radius 2 is 2.00 bits per heavy atom. The normalized spacial score (nSPS) is 13.3. The number of carbonyl (C=O) groups is 1. The van der Waals surface area contributed by atoms with Crippen LogP contribution in [0.2, 0.25) is 0 Å². The van der Waals surface area contributed by atoms with Crippen LogP contribution >= 0.6 is 0 Å². The highest BCUT2D eigenvalue weighted by Gasteiger charge is 2.16. The number of hydrogen-bond donors (Lipinski definition) is 1. The van der Waals surface area contributed by atoms with Crippen LogP contribution in [0.5, 0.6) is 5.75 Å². The van der Waals surface area contributed by atoms with Gasteiger partial charge in [0.1, 0.15) is 11.9 Å². The summed E-state index contributed by atoms with van der Waals surface area (Å²) in [6.07, 6.45) is 0.961. The highest BCUT2D eigenvalue weighted by atomic mass is 16.5. The first-order chi connectivity index (χ1) is 9.52. The molecule has 0 saturated carbocycles. The fraction of sp³-hybridized carbons (Fsp3) is 0.438. The van der Waals surface area contributed by atoms with E-state index in [1.165, 1.54) is 7.11 Å². The molecule has 2 atom stereocenters. The summed E-state index contributed by atoms with van der Waals surface area (Å²) < 4.78 is 10.5. The second-order valence-electron chi connectivity index (χ2n) is 4.77. The van der Waals surface area contributed by atoms with Crippen LogP contribution in [0.25, 0.3) is 0 Å². The largest absolute Gasteiger partial charge is 0.490 e. The molecule has 0 saturated heterocycles. The van der Waals surface area contributed by atoms with Gasteiger partial charge in [0, 0.05) is 12.0 Å². The molecule has 20 heavy (non-hydrogen) atoms. The molecule has 0 aromatic heterocycles. The van der Waals surface area contributed by atoms with Gasteiger partial charge in [-0.2, -0.15) is 0 Å². The van der Waals surface area contributed by atoms with E-state index in [9.17, 15) is 9.90 Å². The van der Waals surface area contributed by atoms with Crippen LogP contribution < -0.4 is 4.74 Å². The Labute approximate surface area is 120 Å². The lowest BCUT2D eigenvalue weighted by Gasteiger charge is -2.20. The van der Waals surface area contributed by atoms with E-state index in [0.717, 1.165) is 5.75 Å². The standard InChI is InChI=1S/C16H22O4/c1-12(16(18)19-3)9-10-15(11-13(2)17)20-14-7-5-4-6-8-14/h4-8,13,15,17H,1,9-11H2,2-3H3. The molecule has 4 heteroatoms. The zero-order valence-electron chi connectivity index (χ0n) is 12.0. The van der Waals surface area contributed by atoms with Crippen molar-refractivity contribution >= 4 is 5.97 Å². The van der Waals surface area contributed by atoms with Gasteiger partial charge in [0.25, 0.3) is 0 Å². The van der Waals surface area contributed by atoms with Crippen molar-refractivity contribution in [2.24, 2.45) is 0 Å². The maximum Gasteiger partial charge on any atom is 0.333 e. The lowest BCUT2D eigenvalue weighted by molar-refractivity contribution is -0.136. The number of ether oxygens (including phenoxy) is 2. The van der Waals surface area contributed by atoms with E-state index in [1.54, 1.807) is 6.92 Å². The smallest absolute Gasteiger partial charge is 0.333 e. The molecule has 0 heterocycles. The Bertz CT molecular complexity index is 425. The predicted molar refractivity (Wildman–Crippen MR) is 77.5 cm³/mol. The summed E-state index contributed by atoms with van der Waals surface area (Å²) in [4.78, 5) is 11.3. The Morgan fingerprint density at radius 1 is 1.35 bits per heavy atom. The average Bonchev–Trinajstić information content (AvgIpc) is 2.44. The third-order valence-electron chi connectivity index (χ3n) is 2.89. The molecule has 1 aromatic rings. The van der Waals surface area contributed by atoms with Gasteiger partial charge < -0.3 is 14.6 Å². The minimum atomic E-state index is -0.463. The first kappa shape index (κ1) is 16.2. The molecule has 0 aliphatic rings. The molecule has 4 nitrogen and oxygen atoms in total. The number of aliphatic hydroxyl groups excluding tert-OH is 1. The number of carbonyl (C=O) groups excluding carboxylic acids is 1.